The van der Waals surface area contributed by atoms with Crippen molar-refractivity contribution in [1.82, 2.24) is 20.3 Å². The summed E-state index contributed by atoms with van der Waals surface area (Å²) in [5, 5.41) is 18.6. The molecule has 4 aromatic rings. The van der Waals surface area contributed by atoms with E-state index >= 15 is 0 Å². The topological polar surface area (TPSA) is 86.0 Å². The number of nitrogens with one attached hydrogen (secondary N) is 1. The summed E-state index contributed by atoms with van der Waals surface area (Å²) < 4.78 is 11.4. The summed E-state index contributed by atoms with van der Waals surface area (Å²) in [5.74, 6) is 3.11. The third-order valence-electron chi connectivity index (χ3n) is 3.98. The number of aromatic nitrogens is 4. The van der Waals surface area contributed by atoms with Crippen molar-refractivity contribution < 1.29 is 9.26 Å². The lowest BCUT2D eigenvalue weighted by Crippen LogP contribution is -1.98. The van der Waals surface area contributed by atoms with Crippen LogP contribution in [0, 0.1) is 0 Å². The molecule has 0 radical (unpaired) electrons. The zero-order chi connectivity index (χ0) is 19.9. The van der Waals surface area contributed by atoms with Crippen LogP contribution in [-0.4, -0.2) is 33.2 Å². The van der Waals surface area contributed by atoms with E-state index in [1.54, 1.807) is 41.5 Å². The summed E-state index contributed by atoms with van der Waals surface area (Å²) in [6, 6.07) is 11.9. The number of anilines is 1. The maximum atomic E-state index is 5.33. The highest BCUT2D eigenvalue weighted by Gasteiger charge is 2.10. The molecule has 0 saturated carbocycles. The van der Waals surface area contributed by atoms with Crippen LogP contribution in [0.2, 0.25) is 0 Å². The van der Waals surface area contributed by atoms with Gasteiger partial charge in [-0.05, 0) is 35.6 Å². The minimum atomic E-state index is 0.666. The van der Waals surface area contributed by atoms with E-state index in [2.05, 4.69) is 25.7 Å². The molecule has 0 unspecified atom stereocenters. The predicted octanol–water partition coefficient (Wildman–Crippen LogP) is 5.00. The Bertz CT molecular complexity index is 1010. The zero-order valence-electron chi connectivity index (χ0n) is 15.7. The van der Waals surface area contributed by atoms with Gasteiger partial charge in [-0.1, -0.05) is 46.5 Å². The summed E-state index contributed by atoms with van der Waals surface area (Å²) >= 11 is 4.86. The van der Waals surface area contributed by atoms with Crippen molar-refractivity contribution >= 4 is 39.6 Å². The molecule has 0 aliphatic rings. The summed E-state index contributed by atoms with van der Waals surface area (Å²) in [4.78, 5) is 5.47. The van der Waals surface area contributed by atoms with Crippen LogP contribution in [-0.2, 0) is 13.0 Å². The Hall–Kier alpha value is -2.43. The lowest BCUT2D eigenvalue weighted by Gasteiger charge is -2.03. The smallest absolute Gasteiger partial charge is 0.227 e. The molecule has 3 heterocycles. The maximum absolute atomic E-state index is 5.33. The van der Waals surface area contributed by atoms with Gasteiger partial charge in [0.25, 0.3) is 0 Å². The third kappa shape index (κ3) is 5.55. The molecule has 1 aromatic carbocycles. The minimum absolute atomic E-state index is 0.666. The molecule has 0 fully saturated rings. The lowest BCUT2D eigenvalue weighted by atomic mass is 10.2. The van der Waals surface area contributed by atoms with E-state index in [9.17, 15) is 0 Å². The molecule has 0 spiro atoms. The molecule has 0 bridgehead atoms. The first-order chi connectivity index (χ1) is 14.3. The van der Waals surface area contributed by atoms with Crippen molar-refractivity contribution in [2.75, 3.05) is 18.2 Å². The van der Waals surface area contributed by atoms with Crippen molar-refractivity contribution in [3.63, 3.8) is 0 Å². The fraction of sp³-hybridized carbons (Fsp3) is 0.263. The largest absolute Gasteiger partial charge is 0.497 e. The molecule has 150 valence electrons. The normalized spacial score (nSPS) is 10.9. The molecule has 7 nitrogen and oxygen atoms in total. The molecule has 4 rings (SSSR count). The van der Waals surface area contributed by atoms with E-state index in [1.807, 2.05) is 41.8 Å². The maximum Gasteiger partial charge on any atom is 0.227 e. The van der Waals surface area contributed by atoms with E-state index in [4.69, 9.17) is 9.26 Å². The number of rotatable bonds is 10. The Morgan fingerprint density at radius 3 is 2.86 bits per heavy atom. The first-order valence-electron chi connectivity index (χ1n) is 9.00. The van der Waals surface area contributed by atoms with Gasteiger partial charge in [0.05, 0.1) is 12.0 Å². The second-order valence-electron chi connectivity index (χ2n) is 6.02. The molecule has 0 saturated heterocycles. The van der Waals surface area contributed by atoms with E-state index in [0.29, 0.717) is 18.3 Å². The highest BCUT2D eigenvalue weighted by molar-refractivity contribution is 8.01. The van der Waals surface area contributed by atoms with Gasteiger partial charge in [-0.15, -0.1) is 21.5 Å². The number of thiophene rings is 1. The van der Waals surface area contributed by atoms with Gasteiger partial charge in [0, 0.05) is 18.7 Å². The summed E-state index contributed by atoms with van der Waals surface area (Å²) in [6.45, 7) is 0.701. The molecular formula is C19H19N5O2S3. The second-order valence-corrected chi connectivity index (χ2v) is 9.28. The van der Waals surface area contributed by atoms with Crippen LogP contribution in [0.3, 0.4) is 0 Å². The molecule has 0 aliphatic carbocycles. The first kappa shape index (κ1) is 19.9. The monoisotopic (exact) mass is 445 g/mol. The average molecular weight is 446 g/mol. The van der Waals surface area contributed by atoms with Crippen LogP contribution in [0.1, 0.15) is 17.9 Å². The number of ether oxygens (including phenoxy) is 1. The molecule has 0 atom stereocenters. The van der Waals surface area contributed by atoms with Crippen molar-refractivity contribution in [3.8, 4) is 16.5 Å². The summed E-state index contributed by atoms with van der Waals surface area (Å²) in [7, 11) is 1.66. The number of thioether (sulfide) groups is 1. The van der Waals surface area contributed by atoms with Crippen molar-refractivity contribution in [3.05, 3.63) is 53.2 Å². The van der Waals surface area contributed by atoms with Gasteiger partial charge in [0.1, 0.15) is 5.75 Å². The quantitative estimate of drug-likeness (QED) is 0.270. The number of hydrogen-bond donors (Lipinski definition) is 1. The van der Waals surface area contributed by atoms with E-state index in [-0.39, 0.29) is 0 Å². The predicted molar refractivity (Wildman–Crippen MR) is 117 cm³/mol. The van der Waals surface area contributed by atoms with Crippen LogP contribution in [0.5, 0.6) is 5.75 Å². The lowest BCUT2D eigenvalue weighted by molar-refractivity contribution is 0.378. The fourth-order valence-corrected chi connectivity index (χ4v) is 4.91. The van der Waals surface area contributed by atoms with Crippen molar-refractivity contribution in [2.24, 2.45) is 0 Å². The Labute approximate surface area is 180 Å². The van der Waals surface area contributed by atoms with E-state index in [0.717, 1.165) is 44.3 Å². The summed E-state index contributed by atoms with van der Waals surface area (Å²) in [6.07, 6.45) is 1.69. The molecule has 1 N–H and O–H groups in total. The van der Waals surface area contributed by atoms with Gasteiger partial charge in [0.2, 0.25) is 16.8 Å². The van der Waals surface area contributed by atoms with Crippen LogP contribution < -0.4 is 10.1 Å². The van der Waals surface area contributed by atoms with E-state index in [1.165, 1.54) is 0 Å². The van der Waals surface area contributed by atoms with Gasteiger partial charge in [-0.3, -0.25) is 0 Å². The zero-order valence-corrected chi connectivity index (χ0v) is 18.1. The Balaban J connectivity index is 1.18. The Morgan fingerprint density at radius 2 is 2.07 bits per heavy atom. The van der Waals surface area contributed by atoms with E-state index < -0.39 is 0 Å². The molecule has 3 aromatic heterocycles. The SMILES string of the molecule is COc1ccc(CNc2nnc(SCCCc3nc(-c4cccs4)no3)s2)cc1. The number of benzene rings is 1. The Morgan fingerprint density at radius 1 is 1.17 bits per heavy atom. The van der Waals surface area contributed by atoms with Crippen LogP contribution >= 0.6 is 34.4 Å². The summed E-state index contributed by atoms with van der Waals surface area (Å²) in [5.41, 5.74) is 1.16. The van der Waals surface area contributed by atoms with Crippen molar-refractivity contribution in [2.45, 2.75) is 23.7 Å². The molecule has 29 heavy (non-hydrogen) atoms. The van der Waals surface area contributed by atoms with Gasteiger partial charge >= 0.3 is 0 Å². The average Bonchev–Trinajstić information content (AvgIpc) is 3.52. The number of hydrogen-bond acceptors (Lipinski definition) is 10. The highest BCUT2D eigenvalue weighted by Crippen LogP contribution is 2.27. The van der Waals surface area contributed by atoms with Crippen LogP contribution in [0.15, 0.2) is 50.6 Å². The molecule has 0 amide bonds. The fourth-order valence-electron chi connectivity index (χ4n) is 2.51. The molecule has 0 aliphatic heterocycles. The minimum Gasteiger partial charge on any atom is -0.497 e. The number of methoxy groups -OCH3 is 1. The third-order valence-corrected chi connectivity index (χ3v) is 6.95. The van der Waals surface area contributed by atoms with Gasteiger partial charge < -0.3 is 14.6 Å². The van der Waals surface area contributed by atoms with Crippen LogP contribution in [0.4, 0.5) is 5.13 Å². The molecular weight excluding hydrogens is 426 g/mol. The van der Waals surface area contributed by atoms with Gasteiger partial charge in [0.15, 0.2) is 4.34 Å². The van der Waals surface area contributed by atoms with Gasteiger partial charge in [-0.25, -0.2) is 0 Å². The highest BCUT2D eigenvalue weighted by atomic mass is 32.2. The Kier molecular flexibility index (Phi) is 6.75. The van der Waals surface area contributed by atoms with Crippen LogP contribution in [0.25, 0.3) is 10.7 Å². The second kappa shape index (κ2) is 9.86. The first-order valence-corrected chi connectivity index (χ1v) is 11.7. The molecule has 10 heteroatoms. The number of aryl methyl sites for hydroxylation is 1. The number of nitrogens with zero attached hydrogens (tertiary/aromatic N) is 4. The standard InChI is InChI=1S/C19H19N5O2S3/c1-25-14-8-6-13(7-9-14)12-20-18-22-23-19(29-18)28-11-3-5-16-21-17(24-26-16)15-4-2-10-27-15/h2,4,6-10H,3,5,11-12H2,1H3,(H,20,22). The van der Waals surface area contributed by atoms with Gasteiger partial charge in [-0.2, -0.15) is 4.98 Å². The van der Waals surface area contributed by atoms with Crippen molar-refractivity contribution in [1.29, 1.82) is 0 Å².